The largest absolute Gasteiger partial charge is 0.367 e. The first-order valence-electron chi connectivity index (χ1n) is 6.58. The lowest BCUT2D eigenvalue weighted by Crippen LogP contribution is -2.40. The summed E-state index contributed by atoms with van der Waals surface area (Å²) in [6, 6.07) is 6.12. The van der Waals surface area contributed by atoms with E-state index in [1.165, 1.54) is 12.1 Å². The minimum Gasteiger partial charge on any atom is -0.367 e. The zero-order valence-corrected chi connectivity index (χ0v) is 10.7. The van der Waals surface area contributed by atoms with Gasteiger partial charge in [0.25, 0.3) is 0 Å². The normalized spacial score (nSPS) is 17.9. The van der Waals surface area contributed by atoms with Crippen LogP contribution in [-0.2, 0) is 16.0 Å². The molecule has 1 aliphatic carbocycles. The Morgan fingerprint density at radius 3 is 2.44 bits per heavy atom. The van der Waals surface area contributed by atoms with Crippen molar-refractivity contribution >= 4 is 5.78 Å². The third kappa shape index (κ3) is 2.78. The SMILES string of the molecule is CCOC1(C(=O)Cc2ccc(F)cc2)CCCC1. The monoisotopic (exact) mass is 250 g/mol. The summed E-state index contributed by atoms with van der Waals surface area (Å²) >= 11 is 0. The zero-order chi connectivity index (χ0) is 13.0. The summed E-state index contributed by atoms with van der Waals surface area (Å²) in [4.78, 5) is 12.4. The van der Waals surface area contributed by atoms with Crippen molar-refractivity contribution in [2.45, 2.75) is 44.6 Å². The van der Waals surface area contributed by atoms with Crippen molar-refractivity contribution in [3.63, 3.8) is 0 Å². The van der Waals surface area contributed by atoms with Gasteiger partial charge in [-0.05, 0) is 50.3 Å². The first kappa shape index (κ1) is 13.2. The van der Waals surface area contributed by atoms with E-state index in [4.69, 9.17) is 4.74 Å². The topological polar surface area (TPSA) is 26.3 Å². The van der Waals surface area contributed by atoms with E-state index in [0.717, 1.165) is 31.2 Å². The first-order chi connectivity index (χ1) is 8.66. The molecule has 2 nitrogen and oxygen atoms in total. The number of hydrogen-bond acceptors (Lipinski definition) is 2. The molecule has 1 aromatic rings. The fraction of sp³-hybridized carbons (Fsp3) is 0.533. The lowest BCUT2D eigenvalue weighted by molar-refractivity contribution is -0.142. The fourth-order valence-corrected chi connectivity index (χ4v) is 2.67. The maximum absolute atomic E-state index is 12.8. The molecular weight excluding hydrogens is 231 g/mol. The number of Topliss-reactive ketones (excluding diaryl/α,β-unsaturated/α-hetero) is 1. The highest BCUT2D eigenvalue weighted by molar-refractivity contribution is 5.89. The van der Waals surface area contributed by atoms with Crippen LogP contribution in [0.4, 0.5) is 4.39 Å². The maximum Gasteiger partial charge on any atom is 0.168 e. The van der Waals surface area contributed by atoms with Crippen LogP contribution < -0.4 is 0 Å². The van der Waals surface area contributed by atoms with Gasteiger partial charge in [0.05, 0.1) is 0 Å². The number of rotatable bonds is 5. The summed E-state index contributed by atoms with van der Waals surface area (Å²) in [6.07, 6.45) is 4.08. The summed E-state index contributed by atoms with van der Waals surface area (Å²) in [5, 5.41) is 0. The standard InChI is InChI=1S/C15H19FO2/c1-2-18-15(9-3-4-10-15)14(17)11-12-5-7-13(16)8-6-12/h5-8H,2-4,9-11H2,1H3. The van der Waals surface area contributed by atoms with Crippen molar-refractivity contribution in [3.8, 4) is 0 Å². The molecular formula is C15H19FO2. The van der Waals surface area contributed by atoms with Crippen LogP contribution >= 0.6 is 0 Å². The molecule has 3 heteroatoms. The predicted molar refractivity (Wildman–Crippen MR) is 67.9 cm³/mol. The Bertz CT molecular complexity index is 405. The van der Waals surface area contributed by atoms with Crippen LogP contribution in [0.2, 0.25) is 0 Å². The smallest absolute Gasteiger partial charge is 0.168 e. The van der Waals surface area contributed by atoms with Gasteiger partial charge < -0.3 is 4.74 Å². The van der Waals surface area contributed by atoms with E-state index in [0.29, 0.717) is 13.0 Å². The second-order valence-electron chi connectivity index (χ2n) is 4.86. The van der Waals surface area contributed by atoms with E-state index in [1.807, 2.05) is 6.92 Å². The molecule has 1 saturated carbocycles. The van der Waals surface area contributed by atoms with Crippen molar-refractivity contribution in [2.24, 2.45) is 0 Å². The van der Waals surface area contributed by atoms with Crippen molar-refractivity contribution in [2.75, 3.05) is 6.61 Å². The summed E-state index contributed by atoms with van der Waals surface area (Å²) in [6.45, 7) is 2.49. The molecule has 2 rings (SSSR count). The number of carbonyl (C=O) groups excluding carboxylic acids is 1. The van der Waals surface area contributed by atoms with Gasteiger partial charge in [-0.15, -0.1) is 0 Å². The highest BCUT2D eigenvalue weighted by atomic mass is 19.1. The van der Waals surface area contributed by atoms with Gasteiger partial charge in [-0.2, -0.15) is 0 Å². The number of hydrogen-bond donors (Lipinski definition) is 0. The minimum atomic E-state index is -0.580. The average Bonchev–Trinajstić information content (AvgIpc) is 2.82. The first-order valence-corrected chi connectivity index (χ1v) is 6.58. The predicted octanol–water partition coefficient (Wildman–Crippen LogP) is 3.29. The molecule has 0 saturated heterocycles. The molecule has 0 atom stereocenters. The Morgan fingerprint density at radius 1 is 1.28 bits per heavy atom. The van der Waals surface area contributed by atoms with E-state index < -0.39 is 5.60 Å². The molecule has 98 valence electrons. The number of halogens is 1. The summed E-state index contributed by atoms with van der Waals surface area (Å²) in [5.41, 5.74) is 0.274. The van der Waals surface area contributed by atoms with E-state index in [9.17, 15) is 9.18 Å². The molecule has 1 aromatic carbocycles. The Balaban J connectivity index is 2.07. The quantitative estimate of drug-likeness (QED) is 0.801. The van der Waals surface area contributed by atoms with Crippen molar-refractivity contribution < 1.29 is 13.9 Å². The van der Waals surface area contributed by atoms with Crippen LogP contribution in [0.25, 0.3) is 0 Å². The minimum absolute atomic E-state index is 0.133. The Hall–Kier alpha value is -1.22. The lowest BCUT2D eigenvalue weighted by Gasteiger charge is -2.27. The zero-order valence-electron chi connectivity index (χ0n) is 10.7. The van der Waals surface area contributed by atoms with Gasteiger partial charge in [0.15, 0.2) is 5.78 Å². The Morgan fingerprint density at radius 2 is 1.89 bits per heavy atom. The van der Waals surface area contributed by atoms with Crippen LogP contribution in [0.3, 0.4) is 0 Å². The van der Waals surface area contributed by atoms with Gasteiger partial charge in [-0.25, -0.2) is 4.39 Å². The van der Waals surface area contributed by atoms with Gasteiger partial charge in [0, 0.05) is 13.0 Å². The molecule has 18 heavy (non-hydrogen) atoms. The van der Waals surface area contributed by atoms with Gasteiger partial charge in [-0.3, -0.25) is 4.79 Å². The number of ether oxygens (including phenoxy) is 1. The second-order valence-corrected chi connectivity index (χ2v) is 4.86. The van der Waals surface area contributed by atoms with Crippen LogP contribution in [-0.4, -0.2) is 18.0 Å². The van der Waals surface area contributed by atoms with E-state index >= 15 is 0 Å². The summed E-state index contributed by atoms with van der Waals surface area (Å²) < 4.78 is 18.5. The van der Waals surface area contributed by atoms with Gasteiger partial charge >= 0.3 is 0 Å². The maximum atomic E-state index is 12.8. The average molecular weight is 250 g/mol. The van der Waals surface area contributed by atoms with Crippen LogP contribution in [0.5, 0.6) is 0 Å². The molecule has 0 amide bonds. The highest BCUT2D eigenvalue weighted by Crippen LogP contribution is 2.35. The van der Waals surface area contributed by atoms with Crippen molar-refractivity contribution in [1.82, 2.24) is 0 Å². The van der Waals surface area contributed by atoms with E-state index in [2.05, 4.69) is 0 Å². The Labute approximate surface area is 107 Å². The second kappa shape index (κ2) is 5.61. The molecule has 0 heterocycles. The summed E-state index contributed by atoms with van der Waals surface area (Å²) in [5.74, 6) is -0.139. The van der Waals surface area contributed by atoms with Crippen LogP contribution in [0.15, 0.2) is 24.3 Å². The molecule has 0 unspecified atom stereocenters. The molecule has 0 N–H and O–H groups in total. The van der Waals surface area contributed by atoms with Crippen molar-refractivity contribution in [3.05, 3.63) is 35.6 Å². The van der Waals surface area contributed by atoms with Gasteiger partial charge in [0.2, 0.25) is 0 Å². The third-order valence-electron chi connectivity index (χ3n) is 3.62. The van der Waals surface area contributed by atoms with E-state index in [-0.39, 0.29) is 11.6 Å². The van der Waals surface area contributed by atoms with Crippen molar-refractivity contribution in [1.29, 1.82) is 0 Å². The van der Waals surface area contributed by atoms with Gasteiger partial charge in [-0.1, -0.05) is 12.1 Å². The van der Waals surface area contributed by atoms with Gasteiger partial charge in [0.1, 0.15) is 11.4 Å². The van der Waals surface area contributed by atoms with E-state index in [1.54, 1.807) is 12.1 Å². The Kier molecular flexibility index (Phi) is 4.12. The molecule has 0 aromatic heterocycles. The summed E-state index contributed by atoms with van der Waals surface area (Å²) in [7, 11) is 0. The third-order valence-corrected chi connectivity index (χ3v) is 3.62. The molecule has 0 aliphatic heterocycles. The molecule has 0 spiro atoms. The number of carbonyl (C=O) groups is 1. The van der Waals surface area contributed by atoms with Crippen LogP contribution in [0.1, 0.15) is 38.2 Å². The molecule has 1 aliphatic rings. The highest BCUT2D eigenvalue weighted by Gasteiger charge is 2.41. The fourth-order valence-electron chi connectivity index (χ4n) is 2.67. The lowest BCUT2D eigenvalue weighted by atomic mass is 9.91. The number of ketones is 1. The molecule has 0 bridgehead atoms. The molecule has 1 fully saturated rings. The number of benzene rings is 1. The molecule has 0 radical (unpaired) electrons. The van der Waals surface area contributed by atoms with Crippen LogP contribution in [0, 0.1) is 5.82 Å².